The predicted octanol–water partition coefficient (Wildman–Crippen LogP) is 1.37. The number of thiophene rings is 1. The van der Waals surface area contributed by atoms with Crippen LogP contribution in [0, 0.1) is 0 Å². The lowest BCUT2D eigenvalue weighted by molar-refractivity contribution is 0.592. The smallest absolute Gasteiger partial charge is 0.269 e. The molecule has 0 unspecified atom stereocenters. The van der Waals surface area contributed by atoms with Gasteiger partial charge in [0.2, 0.25) is 0 Å². The van der Waals surface area contributed by atoms with Gasteiger partial charge in [0.1, 0.15) is 4.90 Å². The van der Waals surface area contributed by atoms with E-state index in [1.807, 2.05) is 6.08 Å². The number of hydrogen-bond acceptors (Lipinski definition) is 5. The van der Waals surface area contributed by atoms with Crippen molar-refractivity contribution in [2.24, 2.45) is 5.73 Å². The lowest BCUT2D eigenvalue weighted by Gasteiger charge is -2.30. The zero-order valence-electron chi connectivity index (χ0n) is 10.1. The maximum atomic E-state index is 12.7. The molecule has 3 N–H and O–H groups in total. The third kappa shape index (κ3) is 1.79. The number of fused-ring (bicyclic) bond motifs is 1. The summed E-state index contributed by atoms with van der Waals surface area (Å²) in [5.41, 5.74) is 6.91. The van der Waals surface area contributed by atoms with E-state index in [0.29, 0.717) is 21.2 Å². The van der Waals surface area contributed by atoms with Crippen molar-refractivity contribution in [1.82, 2.24) is 10.2 Å². The van der Waals surface area contributed by atoms with E-state index in [2.05, 4.69) is 10.2 Å². The zero-order chi connectivity index (χ0) is 13.6. The van der Waals surface area contributed by atoms with Gasteiger partial charge in [0.15, 0.2) is 0 Å². The molecule has 6 nitrogen and oxygen atoms in total. The molecule has 3 heterocycles. The van der Waals surface area contributed by atoms with Crippen molar-refractivity contribution in [3.05, 3.63) is 34.4 Å². The number of nitrogens with two attached hydrogens (primary N) is 1. The molecule has 0 aliphatic carbocycles. The first-order valence-corrected chi connectivity index (χ1v) is 7.92. The molecule has 3 rings (SSSR count). The van der Waals surface area contributed by atoms with Crippen LogP contribution in [-0.2, 0) is 10.0 Å². The van der Waals surface area contributed by atoms with E-state index in [4.69, 9.17) is 5.73 Å². The maximum absolute atomic E-state index is 12.7. The normalized spacial score (nSPS) is 18.8. The summed E-state index contributed by atoms with van der Waals surface area (Å²) in [5, 5.41) is 8.18. The number of aromatic nitrogens is 2. The summed E-state index contributed by atoms with van der Waals surface area (Å²) >= 11 is 1.39. The first-order chi connectivity index (χ1) is 9.01. The molecule has 2 aromatic rings. The van der Waals surface area contributed by atoms with Crippen LogP contribution in [0.1, 0.15) is 11.8 Å². The second-order valence-electron chi connectivity index (χ2n) is 4.23. The van der Waals surface area contributed by atoms with Gasteiger partial charge in [-0.2, -0.15) is 5.10 Å². The summed E-state index contributed by atoms with van der Waals surface area (Å²) in [6, 6.07) is 1.21. The number of rotatable bonds is 2. The van der Waals surface area contributed by atoms with Gasteiger partial charge in [-0.3, -0.25) is 5.10 Å². The van der Waals surface area contributed by atoms with Gasteiger partial charge >= 0.3 is 0 Å². The van der Waals surface area contributed by atoms with Gasteiger partial charge in [-0.05, 0) is 24.4 Å². The van der Waals surface area contributed by atoms with Gasteiger partial charge in [-0.25, -0.2) is 12.7 Å². The van der Waals surface area contributed by atoms with E-state index < -0.39 is 16.1 Å². The molecule has 0 saturated heterocycles. The number of nitrogens with one attached hydrogen (secondary N) is 1. The number of H-pyrrole nitrogens is 1. The van der Waals surface area contributed by atoms with Crippen LogP contribution < -0.4 is 10.0 Å². The summed E-state index contributed by atoms with van der Waals surface area (Å²) in [6.45, 7) is 1.76. The number of nitrogens with zero attached hydrogens (tertiary/aromatic N) is 2. The number of aromatic amines is 1. The molecule has 100 valence electrons. The molecule has 0 spiro atoms. The fraction of sp³-hybridized carbons (Fsp3) is 0.182. The van der Waals surface area contributed by atoms with Crippen molar-refractivity contribution in [2.45, 2.75) is 17.9 Å². The van der Waals surface area contributed by atoms with Gasteiger partial charge in [0.25, 0.3) is 10.0 Å². The molecule has 1 aliphatic rings. The Bertz CT molecular complexity index is 729. The van der Waals surface area contributed by atoms with Gasteiger partial charge < -0.3 is 5.73 Å². The lowest BCUT2D eigenvalue weighted by Crippen LogP contribution is -2.39. The van der Waals surface area contributed by atoms with Crippen LogP contribution in [-0.4, -0.2) is 24.7 Å². The molecule has 0 aromatic carbocycles. The van der Waals surface area contributed by atoms with Crippen molar-refractivity contribution < 1.29 is 8.42 Å². The van der Waals surface area contributed by atoms with Crippen molar-refractivity contribution in [1.29, 1.82) is 0 Å². The molecule has 1 aliphatic heterocycles. The summed E-state index contributed by atoms with van der Waals surface area (Å²) in [5.74, 6) is 0. The van der Waals surface area contributed by atoms with E-state index in [9.17, 15) is 8.42 Å². The van der Waals surface area contributed by atoms with Crippen LogP contribution in [0.3, 0.4) is 0 Å². The first kappa shape index (κ1) is 12.4. The summed E-state index contributed by atoms with van der Waals surface area (Å²) < 4.78 is 26.6. The molecule has 0 saturated carbocycles. The molecule has 8 heteroatoms. The van der Waals surface area contributed by atoms with E-state index in [0.717, 1.165) is 0 Å². The van der Waals surface area contributed by atoms with E-state index in [-0.39, 0.29) is 0 Å². The molecule has 0 fully saturated rings. The highest BCUT2D eigenvalue weighted by Crippen LogP contribution is 2.38. The molecule has 0 bridgehead atoms. The fourth-order valence-electron chi connectivity index (χ4n) is 2.02. The minimum atomic E-state index is -3.62. The summed E-state index contributed by atoms with van der Waals surface area (Å²) in [7, 11) is -3.62. The second kappa shape index (κ2) is 4.19. The van der Waals surface area contributed by atoms with Crippen LogP contribution in [0.15, 0.2) is 34.4 Å². The lowest BCUT2D eigenvalue weighted by atomic mass is 10.2. The molecule has 19 heavy (non-hydrogen) atoms. The van der Waals surface area contributed by atoms with Crippen LogP contribution >= 0.6 is 11.3 Å². The quantitative estimate of drug-likeness (QED) is 0.875. The Balaban J connectivity index is 2.27. The van der Waals surface area contributed by atoms with Crippen LogP contribution in [0.25, 0.3) is 6.08 Å². The van der Waals surface area contributed by atoms with Crippen molar-refractivity contribution >= 4 is 33.1 Å². The monoisotopic (exact) mass is 296 g/mol. The third-order valence-electron chi connectivity index (χ3n) is 2.87. The van der Waals surface area contributed by atoms with Crippen molar-refractivity contribution in [3.63, 3.8) is 0 Å². The highest BCUT2D eigenvalue weighted by Gasteiger charge is 2.36. The molecule has 0 amide bonds. The Morgan fingerprint density at radius 1 is 1.53 bits per heavy atom. The average molecular weight is 296 g/mol. The molecular weight excluding hydrogens is 284 g/mol. The van der Waals surface area contributed by atoms with Gasteiger partial charge in [-0.15, -0.1) is 11.3 Å². The third-order valence-corrected chi connectivity index (χ3v) is 5.68. The van der Waals surface area contributed by atoms with E-state index in [1.54, 1.807) is 18.4 Å². The SMILES string of the molecule is C[C@H](N)C1=Cc2sccc2S(=O)(=O)N1c1cn[nH]c1. The van der Waals surface area contributed by atoms with Crippen LogP contribution in [0.2, 0.25) is 0 Å². The highest BCUT2D eigenvalue weighted by molar-refractivity contribution is 7.93. The number of hydrogen-bond donors (Lipinski definition) is 2. The van der Waals surface area contributed by atoms with E-state index >= 15 is 0 Å². The first-order valence-electron chi connectivity index (χ1n) is 5.60. The molecular formula is C11H12N4O2S2. The molecule has 0 radical (unpaired) electrons. The number of sulfonamides is 1. The zero-order valence-corrected chi connectivity index (χ0v) is 11.7. The number of anilines is 1. The van der Waals surface area contributed by atoms with Crippen LogP contribution in [0.5, 0.6) is 0 Å². The summed E-state index contributed by atoms with van der Waals surface area (Å²) in [6.07, 6.45) is 4.81. The Morgan fingerprint density at radius 3 is 2.95 bits per heavy atom. The predicted molar refractivity (Wildman–Crippen MR) is 74.2 cm³/mol. The minimum Gasteiger partial charge on any atom is -0.323 e. The average Bonchev–Trinajstić information content (AvgIpc) is 2.96. The van der Waals surface area contributed by atoms with Crippen LogP contribution in [0.4, 0.5) is 5.69 Å². The van der Waals surface area contributed by atoms with Gasteiger partial charge in [0, 0.05) is 17.1 Å². The molecule has 2 aromatic heterocycles. The fourth-order valence-corrected chi connectivity index (χ4v) is 4.91. The largest absolute Gasteiger partial charge is 0.323 e. The van der Waals surface area contributed by atoms with Gasteiger partial charge in [0.05, 0.1) is 17.6 Å². The second-order valence-corrected chi connectivity index (χ2v) is 6.94. The minimum absolute atomic E-state index is 0.308. The van der Waals surface area contributed by atoms with Gasteiger partial charge in [-0.1, -0.05) is 0 Å². The topological polar surface area (TPSA) is 92.1 Å². The Labute approximate surface area is 114 Å². The Kier molecular flexibility index (Phi) is 2.73. The Morgan fingerprint density at radius 2 is 2.32 bits per heavy atom. The maximum Gasteiger partial charge on any atom is 0.269 e. The van der Waals surface area contributed by atoms with Crippen molar-refractivity contribution in [2.75, 3.05) is 4.31 Å². The Hall–Kier alpha value is -1.64. The van der Waals surface area contributed by atoms with Crippen molar-refractivity contribution in [3.8, 4) is 0 Å². The standard InChI is InChI=1S/C11H12N4O2S2/c1-7(12)9-4-10-11(2-3-18-10)19(16,17)15(9)8-5-13-14-6-8/h2-7H,12H2,1H3,(H,13,14)/t7-/m0/s1. The summed E-state index contributed by atoms with van der Waals surface area (Å²) in [4.78, 5) is 1.02. The molecule has 1 atom stereocenters. The highest BCUT2D eigenvalue weighted by atomic mass is 32.2. The van der Waals surface area contributed by atoms with E-state index in [1.165, 1.54) is 28.0 Å².